The number of carboxylic acid groups (broad SMARTS) is 1. The van der Waals surface area contributed by atoms with Crippen LogP contribution in [0.3, 0.4) is 0 Å². The van der Waals surface area contributed by atoms with Crippen LogP contribution in [0.25, 0.3) is 0 Å². The normalized spacial score (nSPS) is 21.9. The SMILES string of the molecule is CC(C)(N)C(C)(C)C(=O)N1CCCCCC1C(=O)O. The molecule has 0 aromatic carbocycles. The molecule has 1 amide bonds. The molecule has 1 fully saturated rings. The Morgan fingerprint density at radius 1 is 1.16 bits per heavy atom. The molecule has 3 N–H and O–H groups in total. The molecule has 110 valence electrons. The second kappa shape index (κ2) is 5.49. The minimum absolute atomic E-state index is 0.158. The van der Waals surface area contributed by atoms with Crippen LogP contribution in [0.5, 0.6) is 0 Å². The predicted octanol–water partition coefficient (Wildman–Crippen LogP) is 1.61. The zero-order valence-corrected chi connectivity index (χ0v) is 12.4. The van der Waals surface area contributed by atoms with Gasteiger partial charge in [0, 0.05) is 12.1 Å². The van der Waals surface area contributed by atoms with Crippen molar-refractivity contribution in [3.8, 4) is 0 Å². The van der Waals surface area contributed by atoms with Crippen molar-refractivity contribution < 1.29 is 14.7 Å². The number of rotatable bonds is 3. The Morgan fingerprint density at radius 2 is 1.74 bits per heavy atom. The molecule has 5 nitrogen and oxygen atoms in total. The highest BCUT2D eigenvalue weighted by molar-refractivity contribution is 5.88. The molecular formula is C14H26N2O3. The van der Waals surface area contributed by atoms with Crippen molar-refractivity contribution in [2.75, 3.05) is 6.54 Å². The standard InChI is InChI=1S/C14H26N2O3/c1-13(2,14(3,4)15)12(19)16-9-7-5-6-8-10(16)11(17)18/h10H,5-9,15H2,1-4H3,(H,17,18). The van der Waals surface area contributed by atoms with Gasteiger partial charge in [-0.25, -0.2) is 4.79 Å². The number of likely N-dealkylation sites (tertiary alicyclic amines) is 1. The van der Waals surface area contributed by atoms with Crippen molar-refractivity contribution >= 4 is 11.9 Å². The van der Waals surface area contributed by atoms with Crippen LogP contribution in [0.15, 0.2) is 0 Å². The first-order valence-electron chi connectivity index (χ1n) is 6.92. The van der Waals surface area contributed by atoms with Crippen molar-refractivity contribution in [1.82, 2.24) is 4.90 Å². The Hall–Kier alpha value is -1.10. The van der Waals surface area contributed by atoms with Gasteiger partial charge < -0.3 is 15.7 Å². The van der Waals surface area contributed by atoms with Crippen LogP contribution in [0, 0.1) is 5.41 Å². The molecule has 0 spiro atoms. The van der Waals surface area contributed by atoms with E-state index in [1.54, 1.807) is 27.7 Å². The molecule has 1 aliphatic heterocycles. The molecule has 0 saturated carbocycles. The summed E-state index contributed by atoms with van der Waals surface area (Å²) in [7, 11) is 0. The van der Waals surface area contributed by atoms with Crippen molar-refractivity contribution in [3.63, 3.8) is 0 Å². The van der Waals surface area contributed by atoms with Crippen LogP contribution >= 0.6 is 0 Å². The van der Waals surface area contributed by atoms with Gasteiger partial charge in [0.25, 0.3) is 0 Å². The molecule has 1 saturated heterocycles. The van der Waals surface area contributed by atoms with Crippen LogP contribution in [0.2, 0.25) is 0 Å². The predicted molar refractivity (Wildman–Crippen MR) is 73.7 cm³/mol. The lowest BCUT2D eigenvalue weighted by atomic mass is 9.74. The molecule has 1 rings (SSSR count). The van der Waals surface area contributed by atoms with Gasteiger partial charge in [-0.15, -0.1) is 0 Å². The van der Waals surface area contributed by atoms with Crippen molar-refractivity contribution in [3.05, 3.63) is 0 Å². The van der Waals surface area contributed by atoms with Crippen LogP contribution in [-0.2, 0) is 9.59 Å². The van der Waals surface area contributed by atoms with E-state index >= 15 is 0 Å². The third kappa shape index (κ3) is 3.26. The number of carboxylic acids is 1. The van der Waals surface area contributed by atoms with Gasteiger partial charge in [0.1, 0.15) is 6.04 Å². The molecule has 0 aliphatic carbocycles. The van der Waals surface area contributed by atoms with E-state index in [1.165, 1.54) is 4.90 Å². The zero-order valence-electron chi connectivity index (χ0n) is 12.4. The van der Waals surface area contributed by atoms with Crippen molar-refractivity contribution in [2.24, 2.45) is 11.1 Å². The van der Waals surface area contributed by atoms with Gasteiger partial charge in [-0.3, -0.25) is 4.79 Å². The van der Waals surface area contributed by atoms with E-state index in [0.717, 1.165) is 19.3 Å². The molecule has 1 heterocycles. The van der Waals surface area contributed by atoms with Gasteiger partial charge >= 0.3 is 5.97 Å². The molecular weight excluding hydrogens is 244 g/mol. The lowest BCUT2D eigenvalue weighted by Gasteiger charge is -2.42. The van der Waals surface area contributed by atoms with E-state index in [9.17, 15) is 14.7 Å². The Kier molecular flexibility index (Phi) is 4.61. The van der Waals surface area contributed by atoms with E-state index < -0.39 is 23.0 Å². The number of aliphatic carboxylic acids is 1. The largest absolute Gasteiger partial charge is 0.480 e. The minimum atomic E-state index is -0.916. The molecule has 0 aromatic heterocycles. The van der Waals surface area contributed by atoms with Gasteiger partial charge in [0.05, 0.1) is 5.41 Å². The number of carbonyl (C=O) groups excluding carboxylic acids is 1. The zero-order chi connectivity index (χ0) is 14.8. The molecule has 0 bridgehead atoms. The molecule has 0 aromatic rings. The summed E-state index contributed by atoms with van der Waals surface area (Å²) in [4.78, 5) is 25.6. The number of nitrogens with two attached hydrogens (primary N) is 1. The van der Waals surface area contributed by atoms with Gasteiger partial charge in [-0.2, -0.15) is 0 Å². The number of hydrogen-bond acceptors (Lipinski definition) is 3. The Labute approximate surface area is 115 Å². The maximum Gasteiger partial charge on any atom is 0.326 e. The van der Waals surface area contributed by atoms with Gasteiger partial charge in [0.15, 0.2) is 0 Å². The molecule has 19 heavy (non-hydrogen) atoms. The van der Waals surface area contributed by atoms with Crippen molar-refractivity contribution in [1.29, 1.82) is 0 Å². The second-order valence-corrected chi connectivity index (χ2v) is 6.55. The van der Waals surface area contributed by atoms with Gasteiger partial charge in [-0.1, -0.05) is 12.8 Å². The summed E-state index contributed by atoms with van der Waals surface area (Å²) in [5.74, 6) is -1.07. The molecule has 1 unspecified atom stereocenters. The Morgan fingerprint density at radius 3 is 2.21 bits per heavy atom. The average Bonchev–Trinajstić information content (AvgIpc) is 2.51. The van der Waals surface area contributed by atoms with Gasteiger partial charge in [-0.05, 0) is 40.5 Å². The third-order valence-corrected chi connectivity index (χ3v) is 4.44. The quantitative estimate of drug-likeness (QED) is 0.816. The maximum atomic E-state index is 12.7. The first-order chi connectivity index (χ1) is 8.59. The fourth-order valence-electron chi connectivity index (χ4n) is 2.24. The number of amides is 1. The number of carbonyl (C=O) groups is 2. The molecule has 5 heteroatoms. The van der Waals surface area contributed by atoms with E-state index in [0.29, 0.717) is 13.0 Å². The van der Waals surface area contributed by atoms with Crippen molar-refractivity contribution in [2.45, 2.75) is 65.0 Å². The van der Waals surface area contributed by atoms with E-state index in [2.05, 4.69) is 0 Å². The summed E-state index contributed by atoms with van der Waals surface area (Å²) in [6, 6.07) is -0.711. The summed E-state index contributed by atoms with van der Waals surface area (Å²) >= 11 is 0. The summed E-state index contributed by atoms with van der Waals surface area (Å²) in [6.07, 6.45) is 3.21. The smallest absolute Gasteiger partial charge is 0.326 e. The highest BCUT2D eigenvalue weighted by Gasteiger charge is 2.45. The lowest BCUT2D eigenvalue weighted by molar-refractivity contribution is -0.156. The fraction of sp³-hybridized carbons (Fsp3) is 0.857. The number of nitrogens with zero attached hydrogens (tertiary/aromatic N) is 1. The topological polar surface area (TPSA) is 83.6 Å². The minimum Gasteiger partial charge on any atom is -0.480 e. The molecule has 1 aliphatic rings. The fourth-order valence-corrected chi connectivity index (χ4v) is 2.24. The first-order valence-corrected chi connectivity index (χ1v) is 6.92. The summed E-state index contributed by atoms with van der Waals surface area (Å²) in [6.45, 7) is 7.70. The monoisotopic (exact) mass is 270 g/mol. The molecule has 1 atom stereocenters. The highest BCUT2D eigenvalue weighted by Crippen LogP contribution is 2.32. The van der Waals surface area contributed by atoms with Crippen LogP contribution in [0.1, 0.15) is 53.4 Å². The van der Waals surface area contributed by atoms with Gasteiger partial charge in [0.2, 0.25) is 5.91 Å². The van der Waals surface area contributed by atoms with Crippen LogP contribution in [0.4, 0.5) is 0 Å². The summed E-state index contributed by atoms with van der Waals surface area (Å²) in [5, 5.41) is 9.33. The Balaban J connectivity index is 3.03. The van der Waals surface area contributed by atoms with E-state index in [1.807, 2.05) is 0 Å². The summed E-state index contributed by atoms with van der Waals surface area (Å²) < 4.78 is 0. The first kappa shape index (κ1) is 16.0. The van der Waals surface area contributed by atoms with Crippen LogP contribution < -0.4 is 5.73 Å². The third-order valence-electron chi connectivity index (χ3n) is 4.44. The highest BCUT2D eigenvalue weighted by atomic mass is 16.4. The number of hydrogen-bond donors (Lipinski definition) is 2. The Bertz CT molecular complexity index is 358. The molecule has 0 radical (unpaired) electrons. The van der Waals surface area contributed by atoms with E-state index in [-0.39, 0.29) is 5.91 Å². The second-order valence-electron chi connectivity index (χ2n) is 6.55. The average molecular weight is 270 g/mol. The lowest BCUT2D eigenvalue weighted by Crippen LogP contribution is -2.59. The maximum absolute atomic E-state index is 12.7. The summed E-state index contributed by atoms with van der Waals surface area (Å²) in [5.41, 5.74) is 4.60. The van der Waals surface area contributed by atoms with Crippen LogP contribution in [-0.4, -0.2) is 40.0 Å². The van der Waals surface area contributed by atoms with E-state index in [4.69, 9.17) is 5.73 Å².